The average Bonchev–Trinajstić information content (AvgIpc) is 3.25. The van der Waals surface area contributed by atoms with Gasteiger partial charge in [-0.1, -0.05) is 29.5 Å². The zero-order valence-electron chi connectivity index (χ0n) is 19.0. The third kappa shape index (κ3) is 6.51. The van der Waals surface area contributed by atoms with Gasteiger partial charge in [-0.05, 0) is 49.7 Å². The second-order valence-electron chi connectivity index (χ2n) is 8.07. The van der Waals surface area contributed by atoms with Crippen molar-refractivity contribution in [3.8, 4) is 5.75 Å². The molecule has 0 saturated carbocycles. The fourth-order valence-electron chi connectivity index (χ4n) is 3.73. The number of H-pyrrole nitrogens is 1. The summed E-state index contributed by atoms with van der Waals surface area (Å²) in [5, 5.41) is 19.6. The van der Waals surface area contributed by atoms with Crippen molar-refractivity contribution in [3.05, 3.63) is 86.1 Å². The first-order valence-electron chi connectivity index (χ1n) is 11.0. The van der Waals surface area contributed by atoms with E-state index in [1.54, 1.807) is 24.3 Å². The van der Waals surface area contributed by atoms with Crippen LogP contribution in [0.4, 0.5) is 0 Å². The predicted molar refractivity (Wildman–Crippen MR) is 132 cm³/mol. The number of benzene rings is 2. The number of aromatic nitrogens is 3. The zero-order chi connectivity index (χ0) is 24.8. The second kappa shape index (κ2) is 10.9. The maximum absolute atomic E-state index is 12.8. The molecule has 180 valence electrons. The number of hydrogen-bond donors (Lipinski definition) is 3. The van der Waals surface area contributed by atoms with E-state index in [1.165, 1.54) is 0 Å². The van der Waals surface area contributed by atoms with E-state index in [0.29, 0.717) is 22.9 Å². The average molecular weight is 493 g/mol. The Kier molecular flexibility index (Phi) is 7.51. The van der Waals surface area contributed by atoms with Gasteiger partial charge in [-0.25, -0.2) is 5.10 Å². The number of aryl methyl sites for hydroxylation is 1. The second-order valence-corrected chi connectivity index (χ2v) is 9.11. The Bertz CT molecular complexity index is 1400. The number of pyridine rings is 1. The standard InChI is InChI=1S/C25H24N4O5S/c1-15-12-17(20-4-2-3-5-21(20)26-15)14-34-19-9-6-16(7-10-19)24(32)27-18(8-11-23(30)31)13-22-28-29-25(33)35-22/h2-7,9-10,12,18H,8,11,13-14H2,1H3,(H,27,32)(H,29,33)(H,30,31). The van der Waals surface area contributed by atoms with Gasteiger partial charge in [0.25, 0.3) is 5.91 Å². The summed E-state index contributed by atoms with van der Waals surface area (Å²) in [6.07, 6.45) is 0.373. The Morgan fingerprint density at radius 3 is 2.66 bits per heavy atom. The maximum Gasteiger partial charge on any atom is 0.322 e. The van der Waals surface area contributed by atoms with Crippen LogP contribution >= 0.6 is 11.3 Å². The van der Waals surface area contributed by atoms with Crippen molar-refractivity contribution in [1.82, 2.24) is 20.5 Å². The SMILES string of the molecule is Cc1cc(COc2ccc(C(=O)NC(CCC(=O)O)Cc3n[nH]c(=O)s3)cc2)c2ccccc2n1. The van der Waals surface area contributed by atoms with E-state index in [1.807, 2.05) is 37.3 Å². The number of para-hydroxylation sites is 1. The highest BCUT2D eigenvalue weighted by molar-refractivity contribution is 7.08. The van der Waals surface area contributed by atoms with Gasteiger partial charge in [-0.15, -0.1) is 0 Å². The number of carboxylic acids is 1. The maximum atomic E-state index is 12.8. The summed E-state index contributed by atoms with van der Waals surface area (Å²) >= 11 is 0.939. The molecule has 10 heteroatoms. The van der Waals surface area contributed by atoms with E-state index >= 15 is 0 Å². The highest BCUT2D eigenvalue weighted by Gasteiger charge is 2.18. The summed E-state index contributed by atoms with van der Waals surface area (Å²) in [6.45, 7) is 2.30. The quantitative estimate of drug-likeness (QED) is 0.309. The predicted octanol–water partition coefficient (Wildman–Crippen LogP) is 3.47. The first kappa shape index (κ1) is 24.1. The van der Waals surface area contributed by atoms with Gasteiger partial charge >= 0.3 is 10.8 Å². The molecule has 0 saturated heterocycles. The molecule has 1 unspecified atom stereocenters. The number of nitrogens with one attached hydrogen (secondary N) is 2. The fraction of sp³-hybridized carbons (Fsp3) is 0.240. The Labute approximate surface area is 204 Å². The molecule has 2 aromatic heterocycles. The van der Waals surface area contributed by atoms with Crippen molar-refractivity contribution in [3.63, 3.8) is 0 Å². The first-order valence-corrected chi connectivity index (χ1v) is 11.8. The van der Waals surface area contributed by atoms with Gasteiger partial charge in [0.05, 0.1) is 5.52 Å². The lowest BCUT2D eigenvalue weighted by molar-refractivity contribution is -0.137. The minimum absolute atomic E-state index is 0.111. The number of ether oxygens (including phenoxy) is 1. The number of aliphatic carboxylic acids is 1. The molecule has 9 nitrogen and oxygen atoms in total. The van der Waals surface area contributed by atoms with Crippen LogP contribution < -0.4 is 14.9 Å². The summed E-state index contributed by atoms with van der Waals surface area (Å²) < 4.78 is 5.95. The van der Waals surface area contributed by atoms with E-state index in [2.05, 4.69) is 20.5 Å². The lowest BCUT2D eigenvalue weighted by Crippen LogP contribution is -2.36. The molecule has 1 amide bonds. The largest absolute Gasteiger partial charge is 0.489 e. The highest BCUT2D eigenvalue weighted by Crippen LogP contribution is 2.21. The van der Waals surface area contributed by atoms with Crippen molar-refractivity contribution < 1.29 is 19.4 Å². The van der Waals surface area contributed by atoms with Crippen molar-refractivity contribution in [2.75, 3.05) is 0 Å². The minimum atomic E-state index is -0.960. The zero-order valence-corrected chi connectivity index (χ0v) is 19.8. The van der Waals surface area contributed by atoms with E-state index in [0.717, 1.165) is 33.5 Å². The molecule has 0 bridgehead atoms. The molecule has 1 atom stereocenters. The lowest BCUT2D eigenvalue weighted by atomic mass is 10.1. The van der Waals surface area contributed by atoms with Gasteiger partial charge in [0, 0.05) is 41.1 Å². The Hall–Kier alpha value is -4.05. The molecule has 2 aromatic carbocycles. The van der Waals surface area contributed by atoms with Crippen LogP contribution in [0, 0.1) is 6.92 Å². The van der Waals surface area contributed by atoms with E-state index in [-0.39, 0.29) is 30.0 Å². The minimum Gasteiger partial charge on any atom is -0.489 e. The number of rotatable bonds is 10. The van der Waals surface area contributed by atoms with E-state index in [9.17, 15) is 14.4 Å². The number of amides is 1. The van der Waals surface area contributed by atoms with Crippen molar-refractivity contribution in [2.24, 2.45) is 0 Å². The third-order valence-corrected chi connectivity index (χ3v) is 6.16. The normalized spacial score (nSPS) is 11.8. The Morgan fingerprint density at radius 1 is 1.17 bits per heavy atom. The molecule has 0 fully saturated rings. The molecule has 0 aliphatic rings. The molecule has 2 heterocycles. The summed E-state index contributed by atoms with van der Waals surface area (Å²) in [5.74, 6) is -0.687. The van der Waals surface area contributed by atoms with Crippen molar-refractivity contribution in [2.45, 2.75) is 38.8 Å². The van der Waals surface area contributed by atoms with Crippen LogP contribution in [-0.2, 0) is 17.8 Å². The monoisotopic (exact) mass is 492 g/mol. The Balaban J connectivity index is 1.40. The molecule has 0 aliphatic heterocycles. The molecule has 0 spiro atoms. The highest BCUT2D eigenvalue weighted by atomic mass is 32.1. The first-order chi connectivity index (χ1) is 16.9. The number of carbonyl (C=O) groups excluding carboxylic acids is 1. The number of aromatic amines is 1. The number of nitrogens with zero attached hydrogens (tertiary/aromatic N) is 2. The van der Waals surface area contributed by atoms with E-state index in [4.69, 9.17) is 9.84 Å². The van der Waals surface area contributed by atoms with Crippen LogP contribution in [0.2, 0.25) is 0 Å². The topological polar surface area (TPSA) is 134 Å². The number of carboxylic acid groups (broad SMARTS) is 1. The molecular weight excluding hydrogens is 468 g/mol. The van der Waals surface area contributed by atoms with Gasteiger partial charge < -0.3 is 15.2 Å². The summed E-state index contributed by atoms with van der Waals surface area (Å²) in [7, 11) is 0. The van der Waals surface area contributed by atoms with Crippen LogP contribution in [0.25, 0.3) is 10.9 Å². The number of carbonyl (C=O) groups is 2. The lowest BCUT2D eigenvalue weighted by Gasteiger charge is -2.17. The summed E-state index contributed by atoms with van der Waals surface area (Å²) in [4.78, 5) is 39.4. The number of fused-ring (bicyclic) bond motifs is 1. The van der Waals surface area contributed by atoms with Crippen molar-refractivity contribution >= 4 is 34.1 Å². The molecule has 0 radical (unpaired) electrons. The van der Waals surface area contributed by atoms with Crippen LogP contribution in [0.3, 0.4) is 0 Å². The van der Waals surface area contributed by atoms with Crippen LogP contribution in [0.1, 0.15) is 39.5 Å². The summed E-state index contributed by atoms with van der Waals surface area (Å²) in [6, 6.07) is 16.2. The van der Waals surface area contributed by atoms with Crippen molar-refractivity contribution in [1.29, 1.82) is 0 Å². The molecular formula is C25H24N4O5S. The van der Waals surface area contributed by atoms with Gasteiger partial charge in [0.15, 0.2) is 0 Å². The summed E-state index contributed by atoms with van der Waals surface area (Å²) in [5.41, 5.74) is 3.27. The third-order valence-electron chi connectivity index (χ3n) is 5.39. The molecule has 4 aromatic rings. The smallest absolute Gasteiger partial charge is 0.322 e. The molecule has 0 aliphatic carbocycles. The van der Waals surface area contributed by atoms with Crippen LogP contribution in [-0.4, -0.2) is 38.2 Å². The molecule has 4 rings (SSSR count). The van der Waals surface area contributed by atoms with Crippen LogP contribution in [0.5, 0.6) is 5.75 Å². The van der Waals surface area contributed by atoms with Crippen LogP contribution in [0.15, 0.2) is 59.4 Å². The fourth-order valence-corrected chi connectivity index (χ4v) is 4.41. The van der Waals surface area contributed by atoms with E-state index < -0.39 is 12.0 Å². The van der Waals surface area contributed by atoms with Gasteiger partial charge in [0.2, 0.25) is 0 Å². The van der Waals surface area contributed by atoms with Gasteiger partial charge in [-0.2, -0.15) is 5.10 Å². The molecule has 35 heavy (non-hydrogen) atoms. The van der Waals surface area contributed by atoms with Gasteiger partial charge in [-0.3, -0.25) is 19.4 Å². The van der Waals surface area contributed by atoms with Gasteiger partial charge in [0.1, 0.15) is 17.4 Å². The Morgan fingerprint density at radius 2 is 1.94 bits per heavy atom. The molecule has 3 N–H and O–H groups in total. The number of hydrogen-bond acceptors (Lipinski definition) is 7.